The molecule has 0 unspecified atom stereocenters. The molecule has 3 rings (SSSR count). The van der Waals surface area contributed by atoms with E-state index in [1.54, 1.807) is 0 Å². The first-order valence-corrected chi connectivity index (χ1v) is 6.45. The quantitative estimate of drug-likeness (QED) is 0.743. The van der Waals surface area contributed by atoms with E-state index in [4.69, 9.17) is 0 Å². The standard InChI is InChI=1S/C16H17N3/c1-11-3-4-13(12(2)7-11)9-17-15-6-5-14-10-18-19-16(14)8-15/h3-8,10,17H,9H2,1-2H3,(H,18,19). The van der Waals surface area contributed by atoms with Crippen LogP contribution in [0.3, 0.4) is 0 Å². The third-order valence-electron chi connectivity index (χ3n) is 3.42. The highest BCUT2D eigenvalue weighted by Gasteiger charge is 2.00. The van der Waals surface area contributed by atoms with Gasteiger partial charge >= 0.3 is 0 Å². The molecule has 2 N–H and O–H groups in total. The van der Waals surface area contributed by atoms with Gasteiger partial charge in [-0.25, -0.2) is 0 Å². The summed E-state index contributed by atoms with van der Waals surface area (Å²) in [6.07, 6.45) is 1.84. The summed E-state index contributed by atoms with van der Waals surface area (Å²) in [5.74, 6) is 0. The van der Waals surface area contributed by atoms with Crippen molar-refractivity contribution in [3.8, 4) is 0 Å². The highest BCUT2D eigenvalue weighted by atomic mass is 15.1. The first kappa shape index (κ1) is 11.8. The van der Waals surface area contributed by atoms with Crippen LogP contribution >= 0.6 is 0 Å². The molecule has 0 amide bonds. The number of hydrogen-bond donors (Lipinski definition) is 2. The number of nitrogens with one attached hydrogen (secondary N) is 2. The summed E-state index contributed by atoms with van der Waals surface area (Å²) in [5.41, 5.74) is 6.13. The molecule has 3 nitrogen and oxygen atoms in total. The van der Waals surface area contributed by atoms with Gasteiger partial charge in [0.15, 0.2) is 0 Å². The minimum Gasteiger partial charge on any atom is -0.381 e. The van der Waals surface area contributed by atoms with Gasteiger partial charge in [-0.05, 0) is 43.2 Å². The second-order valence-corrected chi connectivity index (χ2v) is 4.96. The molecule has 0 spiro atoms. The van der Waals surface area contributed by atoms with Gasteiger partial charge in [-0.2, -0.15) is 5.10 Å². The van der Waals surface area contributed by atoms with Gasteiger partial charge < -0.3 is 5.32 Å². The minimum atomic E-state index is 0.839. The van der Waals surface area contributed by atoms with E-state index in [2.05, 4.69) is 65.8 Å². The summed E-state index contributed by atoms with van der Waals surface area (Å²) < 4.78 is 0. The highest BCUT2D eigenvalue weighted by Crippen LogP contribution is 2.18. The van der Waals surface area contributed by atoms with Crippen molar-refractivity contribution < 1.29 is 0 Å². The zero-order valence-electron chi connectivity index (χ0n) is 11.2. The van der Waals surface area contributed by atoms with E-state index >= 15 is 0 Å². The molecule has 0 radical (unpaired) electrons. The molecule has 3 heteroatoms. The molecule has 3 aromatic rings. The number of aryl methyl sites for hydroxylation is 2. The predicted molar refractivity (Wildman–Crippen MR) is 79.3 cm³/mol. The topological polar surface area (TPSA) is 40.7 Å². The number of aromatic nitrogens is 2. The highest BCUT2D eigenvalue weighted by molar-refractivity contribution is 5.81. The second-order valence-electron chi connectivity index (χ2n) is 4.96. The summed E-state index contributed by atoms with van der Waals surface area (Å²) in [7, 11) is 0. The van der Waals surface area contributed by atoms with Crippen LogP contribution in [0.25, 0.3) is 10.9 Å². The van der Waals surface area contributed by atoms with Crippen LogP contribution in [0.5, 0.6) is 0 Å². The van der Waals surface area contributed by atoms with E-state index in [1.165, 1.54) is 16.7 Å². The van der Waals surface area contributed by atoms with Crippen molar-refractivity contribution in [2.45, 2.75) is 20.4 Å². The second kappa shape index (κ2) is 4.76. The zero-order chi connectivity index (χ0) is 13.2. The maximum Gasteiger partial charge on any atom is 0.0670 e. The van der Waals surface area contributed by atoms with Gasteiger partial charge in [0.1, 0.15) is 0 Å². The summed E-state index contributed by atoms with van der Waals surface area (Å²) in [6, 6.07) is 12.8. The summed E-state index contributed by atoms with van der Waals surface area (Å²) in [6.45, 7) is 5.12. The number of H-pyrrole nitrogens is 1. The molecule has 96 valence electrons. The maximum absolute atomic E-state index is 4.03. The molecule has 0 atom stereocenters. The van der Waals surface area contributed by atoms with Gasteiger partial charge in [0.25, 0.3) is 0 Å². The number of rotatable bonds is 3. The maximum atomic E-state index is 4.03. The molecule has 0 bridgehead atoms. The zero-order valence-corrected chi connectivity index (χ0v) is 11.2. The molecule has 0 saturated carbocycles. The normalized spacial score (nSPS) is 10.8. The Bertz CT molecular complexity index is 713. The number of nitrogens with zero attached hydrogens (tertiary/aromatic N) is 1. The average Bonchev–Trinajstić information content (AvgIpc) is 2.85. The Kier molecular flexibility index (Phi) is 2.95. The van der Waals surface area contributed by atoms with E-state index < -0.39 is 0 Å². The third kappa shape index (κ3) is 2.45. The number of anilines is 1. The lowest BCUT2D eigenvalue weighted by Gasteiger charge is -2.10. The van der Waals surface area contributed by atoms with Crippen LogP contribution in [-0.4, -0.2) is 10.2 Å². The largest absolute Gasteiger partial charge is 0.381 e. The van der Waals surface area contributed by atoms with Crippen molar-refractivity contribution in [3.63, 3.8) is 0 Å². The van der Waals surface area contributed by atoms with Gasteiger partial charge in [-0.3, -0.25) is 5.10 Å². The van der Waals surface area contributed by atoms with E-state index in [0.717, 1.165) is 23.1 Å². The average molecular weight is 251 g/mol. The molecule has 19 heavy (non-hydrogen) atoms. The molecule has 0 aliphatic rings. The van der Waals surface area contributed by atoms with Crippen LogP contribution < -0.4 is 5.32 Å². The lowest BCUT2D eigenvalue weighted by Crippen LogP contribution is -2.01. The van der Waals surface area contributed by atoms with E-state index in [9.17, 15) is 0 Å². The Morgan fingerprint density at radius 2 is 2.00 bits per heavy atom. The van der Waals surface area contributed by atoms with E-state index in [0.29, 0.717) is 0 Å². The number of aromatic amines is 1. The molecule has 2 aromatic carbocycles. The Morgan fingerprint density at radius 1 is 1.11 bits per heavy atom. The van der Waals surface area contributed by atoms with Crippen LogP contribution in [0.4, 0.5) is 5.69 Å². The first-order chi connectivity index (χ1) is 9.22. The number of hydrogen-bond acceptors (Lipinski definition) is 2. The molecule has 1 aromatic heterocycles. The van der Waals surface area contributed by atoms with Crippen molar-refractivity contribution in [1.29, 1.82) is 0 Å². The third-order valence-corrected chi connectivity index (χ3v) is 3.42. The number of benzene rings is 2. The molecular formula is C16H17N3. The van der Waals surface area contributed by atoms with Gasteiger partial charge in [0, 0.05) is 17.6 Å². The fourth-order valence-electron chi connectivity index (χ4n) is 2.29. The van der Waals surface area contributed by atoms with Crippen LogP contribution in [0.1, 0.15) is 16.7 Å². The Labute approximate surface area is 112 Å². The Balaban J connectivity index is 1.77. The smallest absolute Gasteiger partial charge is 0.0670 e. The molecule has 1 heterocycles. The van der Waals surface area contributed by atoms with Crippen LogP contribution in [0, 0.1) is 13.8 Å². The number of fused-ring (bicyclic) bond motifs is 1. The van der Waals surface area contributed by atoms with Crippen LogP contribution in [0.15, 0.2) is 42.6 Å². The predicted octanol–water partition coefficient (Wildman–Crippen LogP) is 3.79. The van der Waals surface area contributed by atoms with E-state index in [1.807, 2.05) is 6.20 Å². The van der Waals surface area contributed by atoms with Crippen molar-refractivity contribution in [2.24, 2.45) is 0 Å². The first-order valence-electron chi connectivity index (χ1n) is 6.45. The Morgan fingerprint density at radius 3 is 2.84 bits per heavy atom. The van der Waals surface area contributed by atoms with Gasteiger partial charge in [0.2, 0.25) is 0 Å². The van der Waals surface area contributed by atoms with Crippen molar-refractivity contribution >= 4 is 16.6 Å². The fraction of sp³-hybridized carbons (Fsp3) is 0.188. The van der Waals surface area contributed by atoms with Crippen LogP contribution in [-0.2, 0) is 6.54 Å². The molecule has 0 aliphatic carbocycles. The van der Waals surface area contributed by atoms with Crippen molar-refractivity contribution in [1.82, 2.24) is 10.2 Å². The molecular weight excluding hydrogens is 234 g/mol. The van der Waals surface area contributed by atoms with Crippen molar-refractivity contribution in [3.05, 3.63) is 59.3 Å². The lowest BCUT2D eigenvalue weighted by molar-refractivity contribution is 1.11. The fourth-order valence-corrected chi connectivity index (χ4v) is 2.29. The van der Waals surface area contributed by atoms with Gasteiger partial charge in [0.05, 0.1) is 11.7 Å². The summed E-state index contributed by atoms with van der Waals surface area (Å²) >= 11 is 0. The Hall–Kier alpha value is -2.29. The monoisotopic (exact) mass is 251 g/mol. The molecule has 0 aliphatic heterocycles. The summed E-state index contributed by atoms with van der Waals surface area (Å²) in [5, 5.41) is 11.6. The minimum absolute atomic E-state index is 0.839. The van der Waals surface area contributed by atoms with Gasteiger partial charge in [-0.1, -0.05) is 23.8 Å². The van der Waals surface area contributed by atoms with Crippen molar-refractivity contribution in [2.75, 3.05) is 5.32 Å². The SMILES string of the molecule is Cc1ccc(CNc2ccc3cn[nH]c3c2)c(C)c1. The van der Waals surface area contributed by atoms with Crippen LogP contribution in [0.2, 0.25) is 0 Å². The van der Waals surface area contributed by atoms with E-state index in [-0.39, 0.29) is 0 Å². The van der Waals surface area contributed by atoms with Gasteiger partial charge in [-0.15, -0.1) is 0 Å². The molecule has 0 saturated heterocycles. The lowest BCUT2D eigenvalue weighted by atomic mass is 10.1. The summed E-state index contributed by atoms with van der Waals surface area (Å²) in [4.78, 5) is 0. The molecule has 0 fully saturated rings.